The van der Waals surface area contributed by atoms with Crippen LogP contribution in [0.25, 0.3) is 22.0 Å². The van der Waals surface area contributed by atoms with E-state index in [1.807, 2.05) is 32.4 Å². The van der Waals surface area contributed by atoms with Gasteiger partial charge in [0.15, 0.2) is 0 Å². The standard InChI is InChI=1S/C23H22ClN7O/c1-12-3-4-26-9-17(12)21-20(24)16-7-19(27-10-18(16)22(25)30-21)29-23(32)15-6-14(15)5-13-8-28-31(2)11-13/h3-4,7-11,14-15H,5-6H2,1-2H3,(H2,25,30)(H,27,29,32)/t14-,15-/m0/s1. The fourth-order valence-corrected chi connectivity index (χ4v) is 4.35. The normalized spacial score (nSPS) is 17.5. The Bertz CT molecular complexity index is 1350. The van der Waals surface area contributed by atoms with Crippen LogP contribution in [0.1, 0.15) is 17.5 Å². The van der Waals surface area contributed by atoms with Crippen LogP contribution >= 0.6 is 11.6 Å². The number of nitrogen functional groups attached to an aromatic ring is 1. The number of hydrogen-bond donors (Lipinski definition) is 2. The SMILES string of the molecule is Cc1ccncc1-c1nc(N)c2cnc(NC(=O)[C@H]3C[C@@H]3Cc3cnn(C)c3)cc2c1Cl. The number of nitrogens with one attached hydrogen (secondary N) is 1. The number of fused-ring (bicyclic) bond motifs is 1. The molecule has 32 heavy (non-hydrogen) atoms. The molecule has 0 radical (unpaired) electrons. The number of pyridine rings is 3. The van der Waals surface area contributed by atoms with Crippen molar-refractivity contribution in [3.8, 4) is 11.3 Å². The van der Waals surface area contributed by atoms with Gasteiger partial charge in [0.2, 0.25) is 5.91 Å². The van der Waals surface area contributed by atoms with Crippen LogP contribution in [-0.4, -0.2) is 30.6 Å². The van der Waals surface area contributed by atoms with Gasteiger partial charge in [-0.25, -0.2) is 9.97 Å². The van der Waals surface area contributed by atoms with Crippen LogP contribution < -0.4 is 11.1 Å². The Labute approximate surface area is 189 Å². The average molecular weight is 448 g/mol. The van der Waals surface area contributed by atoms with Gasteiger partial charge in [-0.2, -0.15) is 5.10 Å². The van der Waals surface area contributed by atoms with Crippen molar-refractivity contribution in [3.05, 3.63) is 59.3 Å². The summed E-state index contributed by atoms with van der Waals surface area (Å²) in [5.41, 5.74) is 9.69. The zero-order valence-electron chi connectivity index (χ0n) is 17.7. The largest absolute Gasteiger partial charge is 0.383 e. The van der Waals surface area contributed by atoms with Gasteiger partial charge in [0.25, 0.3) is 0 Å². The fraction of sp³-hybridized carbons (Fsp3) is 0.261. The van der Waals surface area contributed by atoms with Crippen molar-refractivity contribution in [2.45, 2.75) is 19.8 Å². The van der Waals surface area contributed by atoms with Gasteiger partial charge in [0, 0.05) is 54.1 Å². The second kappa shape index (κ2) is 7.87. The first-order chi connectivity index (χ1) is 15.4. The van der Waals surface area contributed by atoms with E-state index >= 15 is 0 Å². The highest BCUT2D eigenvalue weighted by Crippen LogP contribution is 2.42. The summed E-state index contributed by atoms with van der Waals surface area (Å²) in [6, 6.07) is 3.64. The molecular weight excluding hydrogens is 426 g/mol. The molecule has 162 valence electrons. The fourth-order valence-electron chi connectivity index (χ4n) is 4.05. The molecule has 9 heteroatoms. The van der Waals surface area contributed by atoms with Gasteiger partial charge in [-0.15, -0.1) is 0 Å². The number of nitrogens with two attached hydrogens (primary N) is 1. The molecule has 3 N–H and O–H groups in total. The van der Waals surface area contributed by atoms with Crippen LogP contribution in [0, 0.1) is 18.8 Å². The van der Waals surface area contributed by atoms with Crippen molar-refractivity contribution in [1.82, 2.24) is 24.7 Å². The summed E-state index contributed by atoms with van der Waals surface area (Å²) >= 11 is 6.72. The molecule has 0 aromatic carbocycles. The quantitative estimate of drug-likeness (QED) is 0.481. The number of amides is 1. The summed E-state index contributed by atoms with van der Waals surface area (Å²) < 4.78 is 1.78. The lowest BCUT2D eigenvalue weighted by Crippen LogP contribution is -2.16. The Morgan fingerprint density at radius 1 is 1.31 bits per heavy atom. The first-order valence-electron chi connectivity index (χ1n) is 10.3. The Hall–Kier alpha value is -3.52. The maximum atomic E-state index is 12.8. The summed E-state index contributed by atoms with van der Waals surface area (Å²) in [6.07, 6.45) is 10.6. The monoisotopic (exact) mass is 447 g/mol. The number of nitrogens with zero attached hydrogens (tertiary/aromatic N) is 5. The molecule has 1 fully saturated rings. The first kappa shape index (κ1) is 20.4. The maximum Gasteiger partial charge on any atom is 0.228 e. The second-order valence-corrected chi connectivity index (χ2v) is 8.66. The number of aryl methyl sites for hydroxylation is 2. The van der Waals surface area contributed by atoms with Gasteiger partial charge in [-0.05, 0) is 48.9 Å². The predicted molar refractivity (Wildman–Crippen MR) is 124 cm³/mol. The second-order valence-electron chi connectivity index (χ2n) is 8.28. The van der Waals surface area contributed by atoms with E-state index in [9.17, 15) is 4.79 Å². The number of halogens is 1. The average Bonchev–Trinajstić information content (AvgIpc) is 3.42. The molecule has 4 aromatic rings. The minimum atomic E-state index is -0.0350. The van der Waals surface area contributed by atoms with Gasteiger partial charge in [-0.1, -0.05) is 11.6 Å². The molecule has 0 bridgehead atoms. The Balaban J connectivity index is 1.39. The van der Waals surface area contributed by atoms with Crippen molar-refractivity contribution in [1.29, 1.82) is 0 Å². The van der Waals surface area contributed by atoms with Gasteiger partial charge < -0.3 is 11.1 Å². The molecule has 5 rings (SSSR count). The van der Waals surface area contributed by atoms with Gasteiger partial charge >= 0.3 is 0 Å². The number of anilines is 2. The van der Waals surface area contributed by atoms with Crippen LogP contribution in [0.4, 0.5) is 11.6 Å². The molecule has 1 amide bonds. The van der Waals surface area contributed by atoms with E-state index in [4.69, 9.17) is 17.3 Å². The highest BCUT2D eigenvalue weighted by molar-refractivity contribution is 6.38. The van der Waals surface area contributed by atoms with Crippen LogP contribution in [0.2, 0.25) is 5.02 Å². The third kappa shape index (κ3) is 3.78. The highest BCUT2D eigenvalue weighted by atomic mass is 35.5. The lowest BCUT2D eigenvalue weighted by atomic mass is 10.1. The molecule has 0 saturated heterocycles. The molecular formula is C23H22ClN7O. The van der Waals surface area contributed by atoms with Crippen molar-refractivity contribution < 1.29 is 4.79 Å². The van der Waals surface area contributed by atoms with Crippen LogP contribution in [-0.2, 0) is 18.3 Å². The van der Waals surface area contributed by atoms with Gasteiger partial charge in [-0.3, -0.25) is 14.5 Å². The molecule has 4 aromatic heterocycles. The predicted octanol–water partition coefficient (Wildman–Crippen LogP) is 3.79. The van der Waals surface area contributed by atoms with E-state index in [1.165, 1.54) is 0 Å². The van der Waals surface area contributed by atoms with E-state index in [0.29, 0.717) is 39.0 Å². The van der Waals surface area contributed by atoms with Crippen LogP contribution in [0.3, 0.4) is 0 Å². The van der Waals surface area contributed by atoms with E-state index < -0.39 is 0 Å². The molecule has 0 unspecified atom stereocenters. The summed E-state index contributed by atoms with van der Waals surface area (Å²) in [5, 5.41) is 8.89. The first-order valence-corrected chi connectivity index (χ1v) is 10.7. The lowest BCUT2D eigenvalue weighted by Gasteiger charge is -2.12. The third-order valence-corrected chi connectivity index (χ3v) is 6.30. The molecule has 1 aliphatic carbocycles. The Morgan fingerprint density at radius 3 is 2.91 bits per heavy atom. The number of rotatable bonds is 5. The number of carbonyl (C=O) groups is 1. The molecule has 1 saturated carbocycles. The number of carbonyl (C=O) groups excluding carboxylic acids is 1. The number of aromatic nitrogens is 5. The van der Waals surface area contributed by atoms with Crippen molar-refractivity contribution in [2.24, 2.45) is 18.9 Å². The van der Waals surface area contributed by atoms with E-state index in [2.05, 4.69) is 25.4 Å². The van der Waals surface area contributed by atoms with Crippen molar-refractivity contribution >= 4 is 39.9 Å². The van der Waals surface area contributed by atoms with E-state index in [-0.39, 0.29) is 11.8 Å². The molecule has 0 aliphatic heterocycles. The lowest BCUT2D eigenvalue weighted by molar-refractivity contribution is -0.117. The molecule has 4 heterocycles. The third-order valence-electron chi connectivity index (χ3n) is 5.92. The van der Waals surface area contributed by atoms with Gasteiger partial charge in [0.05, 0.1) is 16.9 Å². The smallest absolute Gasteiger partial charge is 0.228 e. The molecule has 8 nitrogen and oxygen atoms in total. The zero-order chi connectivity index (χ0) is 22.4. The number of hydrogen-bond acceptors (Lipinski definition) is 6. The van der Waals surface area contributed by atoms with Crippen LogP contribution in [0.5, 0.6) is 0 Å². The maximum absolute atomic E-state index is 12.8. The molecule has 0 spiro atoms. The summed E-state index contributed by atoms with van der Waals surface area (Å²) in [4.78, 5) is 25.8. The molecule has 1 aliphatic rings. The molecule has 2 atom stereocenters. The van der Waals surface area contributed by atoms with Crippen LogP contribution in [0.15, 0.2) is 43.1 Å². The topological polar surface area (TPSA) is 112 Å². The van der Waals surface area contributed by atoms with Gasteiger partial charge in [0.1, 0.15) is 11.6 Å². The minimum absolute atomic E-state index is 0.0284. The van der Waals surface area contributed by atoms with E-state index in [0.717, 1.165) is 29.5 Å². The highest BCUT2D eigenvalue weighted by Gasteiger charge is 2.43. The Kier molecular flexibility index (Phi) is 5.01. The minimum Gasteiger partial charge on any atom is -0.383 e. The van der Waals surface area contributed by atoms with Crippen molar-refractivity contribution in [3.63, 3.8) is 0 Å². The summed E-state index contributed by atoms with van der Waals surface area (Å²) in [7, 11) is 1.89. The van der Waals surface area contributed by atoms with E-state index in [1.54, 1.807) is 29.3 Å². The Morgan fingerprint density at radius 2 is 2.16 bits per heavy atom. The zero-order valence-corrected chi connectivity index (χ0v) is 18.5. The summed E-state index contributed by atoms with van der Waals surface area (Å²) in [6.45, 7) is 1.96. The summed E-state index contributed by atoms with van der Waals surface area (Å²) in [5.74, 6) is 1.03. The van der Waals surface area contributed by atoms with Crippen molar-refractivity contribution in [2.75, 3.05) is 11.1 Å².